The van der Waals surface area contributed by atoms with Gasteiger partial charge >= 0.3 is 0 Å². The summed E-state index contributed by atoms with van der Waals surface area (Å²) < 4.78 is 1.46. The van der Waals surface area contributed by atoms with Crippen molar-refractivity contribution in [1.82, 2.24) is 35.5 Å². The number of benzene rings is 2. The molecule has 180 valence electrons. The van der Waals surface area contributed by atoms with Crippen molar-refractivity contribution in [3.63, 3.8) is 0 Å². The van der Waals surface area contributed by atoms with Crippen LogP contribution in [0.5, 0.6) is 0 Å². The van der Waals surface area contributed by atoms with E-state index in [1.807, 2.05) is 48.5 Å². The van der Waals surface area contributed by atoms with E-state index < -0.39 is 0 Å². The molecule has 2 aromatic heterocycles. The first-order valence-electron chi connectivity index (χ1n) is 11.7. The Morgan fingerprint density at radius 2 is 1.83 bits per heavy atom. The monoisotopic (exact) mass is 471 g/mol. The summed E-state index contributed by atoms with van der Waals surface area (Å²) in [6.07, 6.45) is 3.15. The summed E-state index contributed by atoms with van der Waals surface area (Å²) in [6, 6.07) is 16.0. The lowest BCUT2D eigenvalue weighted by atomic mass is 9.96. The summed E-state index contributed by atoms with van der Waals surface area (Å²) in [6.45, 7) is 3.85. The van der Waals surface area contributed by atoms with Crippen LogP contribution in [0.1, 0.15) is 42.4 Å². The molecule has 0 aliphatic rings. The van der Waals surface area contributed by atoms with Crippen molar-refractivity contribution in [3.8, 4) is 22.5 Å². The van der Waals surface area contributed by atoms with E-state index in [2.05, 4.69) is 32.9 Å². The molecule has 0 unspecified atom stereocenters. The molecule has 2 aromatic carbocycles. The van der Waals surface area contributed by atoms with E-state index >= 15 is 0 Å². The molecule has 2 N–H and O–H groups in total. The molecule has 2 heterocycles. The zero-order valence-corrected chi connectivity index (χ0v) is 20.2. The number of rotatable bonds is 9. The van der Waals surface area contributed by atoms with Crippen LogP contribution in [0.15, 0.2) is 53.3 Å². The van der Waals surface area contributed by atoms with Gasteiger partial charge in [0.1, 0.15) is 12.4 Å². The Balaban J connectivity index is 1.67. The molecule has 9 nitrogen and oxygen atoms in total. The van der Waals surface area contributed by atoms with Gasteiger partial charge in [-0.2, -0.15) is 0 Å². The van der Waals surface area contributed by atoms with E-state index in [4.69, 9.17) is 4.98 Å². The second-order valence-electron chi connectivity index (χ2n) is 8.42. The zero-order chi connectivity index (χ0) is 24.8. The van der Waals surface area contributed by atoms with Gasteiger partial charge in [-0.05, 0) is 46.9 Å². The van der Waals surface area contributed by atoms with E-state index in [0.717, 1.165) is 47.2 Å². The maximum absolute atomic E-state index is 13.4. The highest BCUT2D eigenvalue weighted by molar-refractivity contribution is 5.80. The molecule has 0 bridgehead atoms. The van der Waals surface area contributed by atoms with Crippen molar-refractivity contribution in [3.05, 3.63) is 81.5 Å². The van der Waals surface area contributed by atoms with Gasteiger partial charge in [0, 0.05) is 24.6 Å². The molecule has 9 heteroatoms. The molecular weight excluding hydrogens is 442 g/mol. The van der Waals surface area contributed by atoms with Crippen LogP contribution in [0.2, 0.25) is 0 Å². The number of unbranched alkanes of at least 4 members (excludes halogenated alkanes) is 1. The highest BCUT2D eigenvalue weighted by Gasteiger charge is 2.17. The maximum Gasteiger partial charge on any atom is 0.257 e. The highest BCUT2D eigenvalue weighted by atomic mass is 16.2. The van der Waals surface area contributed by atoms with Crippen molar-refractivity contribution in [2.45, 2.75) is 46.1 Å². The Hall–Kier alpha value is -4.14. The van der Waals surface area contributed by atoms with Gasteiger partial charge < -0.3 is 5.32 Å². The number of aromatic nitrogens is 6. The largest absolute Gasteiger partial charge is 0.358 e. The fraction of sp³-hybridized carbons (Fsp3) is 0.308. The van der Waals surface area contributed by atoms with Crippen molar-refractivity contribution in [2.75, 3.05) is 7.05 Å². The third-order valence-corrected chi connectivity index (χ3v) is 6.06. The van der Waals surface area contributed by atoms with Gasteiger partial charge in [0.2, 0.25) is 5.91 Å². The minimum absolute atomic E-state index is 0.0402. The van der Waals surface area contributed by atoms with Crippen LogP contribution in [0.25, 0.3) is 22.5 Å². The number of hydrogen-bond donors (Lipinski definition) is 2. The number of aryl methyl sites for hydroxylation is 2. The van der Waals surface area contributed by atoms with Gasteiger partial charge in [-0.3, -0.25) is 14.2 Å². The molecule has 0 fully saturated rings. The first-order chi connectivity index (χ1) is 17.0. The lowest BCUT2D eigenvalue weighted by molar-refractivity contribution is -0.121. The quantitative estimate of drug-likeness (QED) is 0.387. The van der Waals surface area contributed by atoms with E-state index in [1.165, 1.54) is 4.57 Å². The predicted molar refractivity (Wildman–Crippen MR) is 134 cm³/mol. The van der Waals surface area contributed by atoms with Gasteiger partial charge in [-0.1, -0.05) is 61.9 Å². The van der Waals surface area contributed by atoms with Gasteiger partial charge in [0.15, 0.2) is 5.82 Å². The van der Waals surface area contributed by atoms with E-state index in [-0.39, 0.29) is 18.0 Å². The molecule has 0 radical (unpaired) electrons. The number of amides is 1. The first kappa shape index (κ1) is 24.0. The summed E-state index contributed by atoms with van der Waals surface area (Å²) in [5.41, 5.74) is 5.24. The molecule has 0 aliphatic carbocycles. The number of hydrogen-bond acceptors (Lipinski definition) is 6. The Bertz CT molecular complexity index is 1360. The maximum atomic E-state index is 13.4. The number of aromatic amines is 1. The SMILES string of the molecule is CCCCc1nc(C)n(CC(=O)NC)c(=O)c1Cc1ccc(-c2ccccc2-c2nnn[nH]2)cc1. The Morgan fingerprint density at radius 1 is 1.09 bits per heavy atom. The first-order valence-corrected chi connectivity index (χ1v) is 11.7. The Kier molecular flexibility index (Phi) is 7.45. The topological polar surface area (TPSA) is 118 Å². The number of carbonyl (C=O) groups excluding carboxylic acids is 1. The highest BCUT2D eigenvalue weighted by Crippen LogP contribution is 2.30. The molecule has 0 saturated heterocycles. The molecule has 0 spiro atoms. The molecule has 4 aromatic rings. The lowest BCUT2D eigenvalue weighted by Crippen LogP contribution is -2.35. The van der Waals surface area contributed by atoms with Gasteiger partial charge in [0.05, 0.1) is 5.69 Å². The number of likely N-dealkylation sites (N-methyl/N-ethyl adjacent to an activating group) is 1. The lowest BCUT2D eigenvalue weighted by Gasteiger charge is -2.15. The van der Waals surface area contributed by atoms with E-state index in [0.29, 0.717) is 23.6 Å². The minimum Gasteiger partial charge on any atom is -0.358 e. The molecular formula is C26H29N7O2. The van der Waals surface area contributed by atoms with E-state index in [1.54, 1.807) is 14.0 Å². The summed E-state index contributed by atoms with van der Waals surface area (Å²) in [5.74, 6) is 0.934. The fourth-order valence-corrected chi connectivity index (χ4v) is 4.11. The average Bonchev–Trinajstić information content (AvgIpc) is 3.42. The number of nitrogens with zero attached hydrogens (tertiary/aromatic N) is 5. The molecule has 1 amide bonds. The van der Waals surface area contributed by atoms with E-state index in [9.17, 15) is 9.59 Å². The minimum atomic E-state index is -0.228. The Labute approximate surface area is 203 Å². The van der Waals surface area contributed by atoms with Crippen LogP contribution >= 0.6 is 0 Å². The standard InChI is InChI=1S/C26H29N7O2/c1-4-5-10-23-22(26(35)33(17(2)28-23)16-24(34)27-3)15-18-11-13-19(14-12-18)20-8-6-7-9-21(20)25-29-31-32-30-25/h6-9,11-14H,4-5,10,15-16H2,1-3H3,(H,27,34)(H,29,30,31,32). The van der Waals surface area contributed by atoms with Crippen LogP contribution < -0.4 is 10.9 Å². The number of H-pyrrole nitrogens is 1. The normalized spacial score (nSPS) is 10.9. The average molecular weight is 472 g/mol. The predicted octanol–water partition coefficient (Wildman–Crippen LogP) is 3.08. The Morgan fingerprint density at radius 3 is 2.49 bits per heavy atom. The number of carbonyl (C=O) groups is 1. The van der Waals surface area contributed by atoms with Crippen LogP contribution in [0.4, 0.5) is 0 Å². The molecule has 0 saturated carbocycles. The fourth-order valence-electron chi connectivity index (χ4n) is 4.11. The van der Waals surface area contributed by atoms with Gasteiger partial charge in [-0.15, -0.1) is 5.10 Å². The van der Waals surface area contributed by atoms with Crippen molar-refractivity contribution >= 4 is 5.91 Å². The summed E-state index contributed by atoms with van der Waals surface area (Å²) in [7, 11) is 1.56. The van der Waals surface area contributed by atoms with Crippen LogP contribution in [-0.4, -0.2) is 43.1 Å². The van der Waals surface area contributed by atoms with Crippen molar-refractivity contribution in [1.29, 1.82) is 0 Å². The zero-order valence-electron chi connectivity index (χ0n) is 20.2. The molecule has 0 atom stereocenters. The molecule has 35 heavy (non-hydrogen) atoms. The summed E-state index contributed by atoms with van der Waals surface area (Å²) >= 11 is 0. The second-order valence-corrected chi connectivity index (χ2v) is 8.42. The third-order valence-electron chi connectivity index (χ3n) is 6.06. The summed E-state index contributed by atoms with van der Waals surface area (Å²) in [4.78, 5) is 30.1. The molecule has 4 rings (SSSR count). The van der Waals surface area contributed by atoms with Crippen LogP contribution in [0.3, 0.4) is 0 Å². The smallest absolute Gasteiger partial charge is 0.257 e. The third kappa shape index (κ3) is 5.34. The number of nitrogens with one attached hydrogen (secondary N) is 2. The van der Waals surface area contributed by atoms with Crippen LogP contribution in [-0.2, 0) is 24.2 Å². The van der Waals surface area contributed by atoms with Crippen molar-refractivity contribution < 1.29 is 4.79 Å². The number of tetrazole rings is 1. The van der Waals surface area contributed by atoms with Gasteiger partial charge in [0.25, 0.3) is 5.56 Å². The second kappa shape index (κ2) is 10.9. The molecule has 0 aliphatic heterocycles. The van der Waals surface area contributed by atoms with Crippen LogP contribution in [0, 0.1) is 6.92 Å². The van der Waals surface area contributed by atoms with Gasteiger partial charge in [-0.25, -0.2) is 10.1 Å². The van der Waals surface area contributed by atoms with Crippen molar-refractivity contribution in [2.24, 2.45) is 0 Å². The summed E-state index contributed by atoms with van der Waals surface area (Å²) in [5, 5.41) is 16.8.